The molecular weight excluding hydrogens is 468 g/mol. The van der Waals surface area contributed by atoms with Gasteiger partial charge in [0.15, 0.2) is 6.10 Å². The van der Waals surface area contributed by atoms with E-state index in [4.69, 9.17) is 4.74 Å². The Labute approximate surface area is 236 Å². The van der Waals surface area contributed by atoms with Gasteiger partial charge in [-0.1, -0.05) is 156 Å². The molecule has 0 heterocycles. The second kappa shape index (κ2) is 18.1. The van der Waals surface area contributed by atoms with Crippen molar-refractivity contribution in [2.75, 3.05) is 0 Å². The zero-order valence-corrected chi connectivity index (χ0v) is 26.4. The Bertz CT molecular complexity index is 728. The molecule has 1 aromatic carbocycles. The van der Waals surface area contributed by atoms with Gasteiger partial charge in [-0.05, 0) is 29.2 Å². The van der Waals surface area contributed by atoms with Crippen LogP contribution in [0, 0.1) is 22.7 Å². The lowest BCUT2D eigenvalue weighted by Gasteiger charge is -2.45. The number of aliphatic hydroxyl groups excluding tert-OH is 1. The third kappa shape index (κ3) is 13.6. The molecule has 3 nitrogen and oxygen atoms in total. The van der Waals surface area contributed by atoms with E-state index in [0.29, 0.717) is 0 Å². The molecule has 0 aliphatic carbocycles. The highest BCUT2D eigenvalue weighted by molar-refractivity contribution is 5.75. The number of benzene rings is 1. The van der Waals surface area contributed by atoms with Gasteiger partial charge in [0, 0.05) is 18.3 Å². The first-order valence-electron chi connectivity index (χ1n) is 15.8. The molecule has 0 aromatic heterocycles. The van der Waals surface area contributed by atoms with E-state index in [-0.39, 0.29) is 35.2 Å². The number of aliphatic hydroxyl groups is 1. The summed E-state index contributed by atoms with van der Waals surface area (Å²) in [4.78, 5) is 13.2. The number of esters is 1. The minimum Gasteiger partial charge on any atom is -0.460 e. The minimum atomic E-state index is -1.14. The van der Waals surface area contributed by atoms with E-state index < -0.39 is 12.1 Å². The second-order valence-electron chi connectivity index (χ2n) is 13.8. The normalized spacial score (nSPS) is 15.6. The average Bonchev–Trinajstić information content (AvgIpc) is 2.83. The zero-order chi connectivity index (χ0) is 28.6. The molecule has 38 heavy (non-hydrogen) atoms. The zero-order valence-electron chi connectivity index (χ0n) is 26.4. The summed E-state index contributed by atoms with van der Waals surface area (Å²) in [5, 5.41) is 10.8. The number of rotatable bonds is 19. The van der Waals surface area contributed by atoms with Crippen LogP contribution in [0.15, 0.2) is 30.3 Å². The summed E-state index contributed by atoms with van der Waals surface area (Å²) in [5.74, 6) is 0.000152. The smallest absolute Gasteiger partial charge is 0.335 e. The van der Waals surface area contributed by atoms with Crippen LogP contribution in [-0.2, 0) is 16.0 Å². The first-order valence-corrected chi connectivity index (χ1v) is 15.8. The Morgan fingerprint density at radius 1 is 0.737 bits per heavy atom. The molecular formula is C35H62O3. The highest BCUT2D eigenvalue weighted by Crippen LogP contribution is 2.43. The SMILES string of the molecule is CCCCCCCCCCCCCC(C(OC(=O)C(O)Cc1ccccc1)C(CC)C(C)(C)C)C(C)(C)C. The fourth-order valence-corrected chi connectivity index (χ4v) is 6.03. The van der Waals surface area contributed by atoms with Crippen LogP contribution in [0.5, 0.6) is 0 Å². The van der Waals surface area contributed by atoms with Gasteiger partial charge in [-0.15, -0.1) is 0 Å². The van der Waals surface area contributed by atoms with Crippen molar-refractivity contribution in [2.24, 2.45) is 22.7 Å². The van der Waals surface area contributed by atoms with Crippen LogP contribution in [-0.4, -0.2) is 23.3 Å². The number of carbonyl (C=O) groups is 1. The Kier molecular flexibility index (Phi) is 16.5. The minimum absolute atomic E-state index is 0.00467. The standard InChI is InChI=1S/C35H62O3/c1-9-11-12-13-14-15-16-17-18-19-23-26-30(35(6,7)8)32(29(10-2)34(3,4)5)38-33(37)31(36)27-28-24-21-20-22-25-28/h20-22,24-25,29-32,36H,9-19,23,26-27H2,1-8H3. The van der Waals surface area contributed by atoms with Crippen LogP contribution in [0.1, 0.15) is 144 Å². The number of unbranched alkanes of at least 4 members (excludes halogenated alkanes) is 10. The summed E-state index contributed by atoms with van der Waals surface area (Å²) in [5.41, 5.74) is 0.960. The fraction of sp³-hybridized carbons (Fsp3) is 0.800. The largest absolute Gasteiger partial charge is 0.460 e. The molecule has 3 heteroatoms. The third-order valence-electron chi connectivity index (χ3n) is 8.37. The lowest BCUT2D eigenvalue weighted by Crippen LogP contribution is -2.46. The van der Waals surface area contributed by atoms with E-state index in [2.05, 4.69) is 55.4 Å². The number of ether oxygens (including phenoxy) is 1. The Hall–Kier alpha value is -1.35. The quantitative estimate of drug-likeness (QED) is 0.143. The van der Waals surface area contributed by atoms with Crippen molar-refractivity contribution in [3.05, 3.63) is 35.9 Å². The fourth-order valence-electron chi connectivity index (χ4n) is 6.03. The molecule has 0 saturated heterocycles. The monoisotopic (exact) mass is 530 g/mol. The molecule has 0 aliphatic rings. The maximum atomic E-state index is 13.2. The second-order valence-corrected chi connectivity index (χ2v) is 13.8. The Morgan fingerprint density at radius 3 is 1.66 bits per heavy atom. The van der Waals surface area contributed by atoms with E-state index >= 15 is 0 Å². The summed E-state index contributed by atoms with van der Waals surface area (Å²) >= 11 is 0. The maximum absolute atomic E-state index is 13.2. The predicted octanol–water partition coefficient (Wildman–Crippen LogP) is 9.94. The molecule has 0 spiro atoms. The number of carbonyl (C=O) groups excluding carboxylic acids is 1. The van der Waals surface area contributed by atoms with E-state index in [1.165, 1.54) is 70.6 Å². The van der Waals surface area contributed by atoms with Gasteiger partial charge in [-0.3, -0.25) is 0 Å². The molecule has 1 N–H and O–H groups in total. The van der Waals surface area contributed by atoms with Gasteiger partial charge in [0.05, 0.1) is 0 Å². The van der Waals surface area contributed by atoms with Crippen LogP contribution >= 0.6 is 0 Å². The summed E-state index contributed by atoms with van der Waals surface area (Å²) in [6, 6.07) is 9.71. The molecule has 0 bridgehead atoms. The molecule has 0 radical (unpaired) electrons. The van der Waals surface area contributed by atoms with Crippen molar-refractivity contribution >= 4 is 5.97 Å². The molecule has 0 fully saturated rings. The summed E-state index contributed by atoms with van der Waals surface area (Å²) in [7, 11) is 0. The predicted molar refractivity (Wildman–Crippen MR) is 163 cm³/mol. The molecule has 4 atom stereocenters. The average molecular weight is 531 g/mol. The van der Waals surface area contributed by atoms with Gasteiger partial charge in [0.2, 0.25) is 0 Å². The molecule has 220 valence electrons. The maximum Gasteiger partial charge on any atom is 0.335 e. The number of hydrogen-bond donors (Lipinski definition) is 1. The Morgan fingerprint density at radius 2 is 1.21 bits per heavy atom. The van der Waals surface area contributed by atoms with Crippen LogP contribution < -0.4 is 0 Å². The van der Waals surface area contributed by atoms with E-state index in [1.807, 2.05) is 30.3 Å². The molecule has 1 aromatic rings. The molecule has 0 saturated carbocycles. The van der Waals surface area contributed by atoms with Crippen molar-refractivity contribution in [2.45, 2.75) is 157 Å². The first kappa shape index (κ1) is 34.7. The van der Waals surface area contributed by atoms with Gasteiger partial charge in [-0.2, -0.15) is 0 Å². The van der Waals surface area contributed by atoms with Gasteiger partial charge in [0.25, 0.3) is 0 Å². The topological polar surface area (TPSA) is 46.5 Å². The van der Waals surface area contributed by atoms with Crippen LogP contribution in [0.2, 0.25) is 0 Å². The lowest BCUT2D eigenvalue weighted by atomic mass is 9.65. The van der Waals surface area contributed by atoms with Crippen molar-refractivity contribution in [1.82, 2.24) is 0 Å². The highest BCUT2D eigenvalue weighted by atomic mass is 16.6. The summed E-state index contributed by atoms with van der Waals surface area (Å²) in [6.07, 6.45) is 15.6. The summed E-state index contributed by atoms with van der Waals surface area (Å²) < 4.78 is 6.31. The first-order chi connectivity index (χ1) is 17.9. The van der Waals surface area contributed by atoms with Crippen molar-refractivity contribution in [1.29, 1.82) is 0 Å². The van der Waals surface area contributed by atoms with Crippen LogP contribution in [0.4, 0.5) is 0 Å². The molecule has 0 amide bonds. The van der Waals surface area contributed by atoms with E-state index in [0.717, 1.165) is 18.4 Å². The van der Waals surface area contributed by atoms with Crippen molar-refractivity contribution < 1.29 is 14.6 Å². The van der Waals surface area contributed by atoms with E-state index in [1.54, 1.807) is 0 Å². The molecule has 4 unspecified atom stereocenters. The molecule has 0 aliphatic heterocycles. The van der Waals surface area contributed by atoms with Gasteiger partial charge >= 0.3 is 5.97 Å². The number of hydrogen-bond acceptors (Lipinski definition) is 3. The molecule has 1 rings (SSSR count). The third-order valence-corrected chi connectivity index (χ3v) is 8.37. The highest BCUT2D eigenvalue weighted by Gasteiger charge is 2.43. The van der Waals surface area contributed by atoms with Gasteiger partial charge in [0.1, 0.15) is 6.10 Å². The lowest BCUT2D eigenvalue weighted by molar-refractivity contribution is -0.172. The van der Waals surface area contributed by atoms with Gasteiger partial charge in [-0.25, -0.2) is 4.79 Å². The summed E-state index contributed by atoms with van der Waals surface area (Å²) in [6.45, 7) is 18.1. The van der Waals surface area contributed by atoms with E-state index in [9.17, 15) is 9.90 Å². The van der Waals surface area contributed by atoms with Crippen LogP contribution in [0.25, 0.3) is 0 Å². The van der Waals surface area contributed by atoms with Gasteiger partial charge < -0.3 is 9.84 Å². The van der Waals surface area contributed by atoms with Crippen molar-refractivity contribution in [3.63, 3.8) is 0 Å². The van der Waals surface area contributed by atoms with Crippen molar-refractivity contribution in [3.8, 4) is 0 Å². The van der Waals surface area contributed by atoms with Crippen LogP contribution in [0.3, 0.4) is 0 Å². The Balaban J connectivity index is 2.79.